The molecule has 2 nitrogen and oxygen atoms in total. The Labute approximate surface area is 111 Å². The van der Waals surface area contributed by atoms with Gasteiger partial charge >= 0.3 is 0 Å². The molecular formula is C16H25NO. The van der Waals surface area contributed by atoms with Crippen LogP contribution in [0.3, 0.4) is 0 Å². The van der Waals surface area contributed by atoms with Gasteiger partial charge in [0, 0.05) is 13.7 Å². The molecule has 0 aliphatic heterocycles. The fourth-order valence-electron chi connectivity index (χ4n) is 2.56. The van der Waals surface area contributed by atoms with Crippen LogP contribution in [0.2, 0.25) is 0 Å². The van der Waals surface area contributed by atoms with Crippen LogP contribution < -0.4 is 5.32 Å². The molecule has 0 spiro atoms. The van der Waals surface area contributed by atoms with E-state index in [1.807, 2.05) is 0 Å². The highest BCUT2D eigenvalue weighted by Gasteiger charge is 2.30. The van der Waals surface area contributed by atoms with Gasteiger partial charge in [-0.05, 0) is 55.7 Å². The lowest BCUT2D eigenvalue weighted by molar-refractivity contribution is 0.197. The fourth-order valence-corrected chi connectivity index (χ4v) is 2.56. The Morgan fingerprint density at radius 1 is 1.33 bits per heavy atom. The van der Waals surface area contributed by atoms with Gasteiger partial charge in [0.15, 0.2) is 0 Å². The molecule has 2 rings (SSSR count). The van der Waals surface area contributed by atoms with Crippen molar-refractivity contribution in [3.63, 3.8) is 0 Å². The summed E-state index contributed by atoms with van der Waals surface area (Å²) in [5, 5.41) is 3.52. The van der Waals surface area contributed by atoms with Crippen LogP contribution in [0.1, 0.15) is 24.0 Å². The summed E-state index contributed by atoms with van der Waals surface area (Å²) >= 11 is 0. The van der Waals surface area contributed by atoms with E-state index in [0.29, 0.717) is 0 Å². The quantitative estimate of drug-likeness (QED) is 0.713. The van der Waals surface area contributed by atoms with Crippen molar-refractivity contribution in [1.82, 2.24) is 5.32 Å². The van der Waals surface area contributed by atoms with E-state index in [0.717, 1.165) is 31.5 Å². The molecule has 1 saturated carbocycles. The van der Waals surface area contributed by atoms with Crippen molar-refractivity contribution in [2.24, 2.45) is 11.8 Å². The average Bonchev–Trinajstić information content (AvgIpc) is 3.20. The molecule has 1 aliphatic carbocycles. The van der Waals surface area contributed by atoms with Crippen LogP contribution in [0.5, 0.6) is 0 Å². The lowest BCUT2D eigenvalue weighted by Crippen LogP contribution is -2.28. The first-order chi connectivity index (χ1) is 8.81. The maximum absolute atomic E-state index is 5.07. The number of hydrogen-bond acceptors (Lipinski definition) is 2. The predicted molar refractivity (Wildman–Crippen MR) is 75.8 cm³/mol. The van der Waals surface area contributed by atoms with Crippen LogP contribution >= 0.6 is 0 Å². The summed E-state index contributed by atoms with van der Waals surface area (Å²) in [6, 6.07) is 8.78. The number of methoxy groups -OCH3 is 1. The number of nitrogens with one attached hydrogen (secondary N) is 1. The van der Waals surface area contributed by atoms with Crippen LogP contribution in [0.25, 0.3) is 0 Å². The normalized spacial score (nSPS) is 16.8. The number of ether oxygens (including phenoxy) is 1. The molecule has 2 heteroatoms. The zero-order chi connectivity index (χ0) is 12.8. The Kier molecular flexibility index (Phi) is 5.21. The van der Waals surface area contributed by atoms with Crippen molar-refractivity contribution >= 4 is 0 Å². The van der Waals surface area contributed by atoms with Crippen LogP contribution in [0.15, 0.2) is 24.3 Å². The third-order valence-electron chi connectivity index (χ3n) is 3.92. The highest BCUT2D eigenvalue weighted by molar-refractivity contribution is 5.26. The van der Waals surface area contributed by atoms with E-state index in [1.54, 1.807) is 7.11 Å². The van der Waals surface area contributed by atoms with E-state index >= 15 is 0 Å². The van der Waals surface area contributed by atoms with E-state index in [2.05, 4.69) is 36.5 Å². The molecule has 0 bridgehead atoms. The minimum atomic E-state index is 0.794. The van der Waals surface area contributed by atoms with E-state index in [1.165, 1.54) is 30.4 Å². The van der Waals surface area contributed by atoms with Crippen LogP contribution in [-0.2, 0) is 11.2 Å². The highest BCUT2D eigenvalue weighted by Crippen LogP contribution is 2.38. The summed E-state index contributed by atoms with van der Waals surface area (Å²) in [6.07, 6.45) is 4.06. The molecule has 1 atom stereocenters. The molecule has 0 radical (unpaired) electrons. The van der Waals surface area contributed by atoms with Gasteiger partial charge in [-0.3, -0.25) is 0 Å². The fraction of sp³-hybridized carbons (Fsp3) is 0.625. The van der Waals surface area contributed by atoms with Crippen LogP contribution in [-0.4, -0.2) is 26.8 Å². The summed E-state index contributed by atoms with van der Waals surface area (Å²) in [7, 11) is 1.76. The van der Waals surface area contributed by atoms with Gasteiger partial charge in [0.2, 0.25) is 0 Å². The minimum absolute atomic E-state index is 0.794. The van der Waals surface area contributed by atoms with Crippen molar-refractivity contribution in [1.29, 1.82) is 0 Å². The SMILES string of the molecule is COCCNCC(Cc1ccccc1C)C1CC1. The summed E-state index contributed by atoms with van der Waals surface area (Å²) in [5.74, 6) is 1.74. The van der Waals surface area contributed by atoms with E-state index in [-0.39, 0.29) is 0 Å². The van der Waals surface area contributed by atoms with Gasteiger partial charge in [-0.25, -0.2) is 0 Å². The molecular weight excluding hydrogens is 222 g/mol. The van der Waals surface area contributed by atoms with Gasteiger partial charge in [-0.2, -0.15) is 0 Å². The standard InChI is InChI=1S/C16H25NO/c1-13-5-3-4-6-15(13)11-16(14-7-8-14)12-17-9-10-18-2/h3-6,14,16-17H,7-12H2,1-2H3. The summed E-state index contributed by atoms with van der Waals surface area (Å²) in [5.41, 5.74) is 2.95. The van der Waals surface area contributed by atoms with Crippen molar-refractivity contribution in [3.8, 4) is 0 Å². The Balaban J connectivity index is 1.84. The monoisotopic (exact) mass is 247 g/mol. The van der Waals surface area contributed by atoms with Gasteiger partial charge < -0.3 is 10.1 Å². The number of rotatable bonds is 8. The van der Waals surface area contributed by atoms with E-state index in [4.69, 9.17) is 4.74 Å². The Morgan fingerprint density at radius 3 is 2.78 bits per heavy atom. The molecule has 0 aromatic heterocycles. The van der Waals surface area contributed by atoms with Gasteiger partial charge in [0.1, 0.15) is 0 Å². The van der Waals surface area contributed by atoms with Crippen LogP contribution in [0, 0.1) is 18.8 Å². The first-order valence-electron chi connectivity index (χ1n) is 7.05. The van der Waals surface area contributed by atoms with Gasteiger partial charge in [-0.15, -0.1) is 0 Å². The number of hydrogen-bond donors (Lipinski definition) is 1. The highest BCUT2D eigenvalue weighted by atomic mass is 16.5. The molecule has 1 aromatic rings. The maximum Gasteiger partial charge on any atom is 0.0587 e. The second kappa shape index (κ2) is 6.91. The molecule has 1 aromatic carbocycles. The predicted octanol–water partition coefficient (Wildman–Crippen LogP) is 2.80. The van der Waals surface area contributed by atoms with Gasteiger partial charge in [0.05, 0.1) is 6.61 Å². The second-order valence-corrected chi connectivity index (χ2v) is 5.43. The minimum Gasteiger partial charge on any atom is -0.383 e. The second-order valence-electron chi connectivity index (χ2n) is 5.43. The smallest absolute Gasteiger partial charge is 0.0587 e. The first-order valence-corrected chi connectivity index (χ1v) is 7.05. The molecule has 0 heterocycles. The molecule has 1 unspecified atom stereocenters. The zero-order valence-electron chi connectivity index (χ0n) is 11.6. The zero-order valence-corrected chi connectivity index (χ0v) is 11.6. The van der Waals surface area contributed by atoms with Crippen molar-refractivity contribution in [3.05, 3.63) is 35.4 Å². The number of aryl methyl sites for hydroxylation is 1. The maximum atomic E-state index is 5.07. The molecule has 1 N–H and O–H groups in total. The molecule has 100 valence electrons. The van der Waals surface area contributed by atoms with Gasteiger partial charge in [-0.1, -0.05) is 24.3 Å². The third kappa shape index (κ3) is 4.11. The lowest BCUT2D eigenvalue weighted by Gasteiger charge is -2.18. The first kappa shape index (κ1) is 13.6. The summed E-state index contributed by atoms with van der Waals surface area (Å²) in [4.78, 5) is 0. The molecule has 0 amide bonds. The third-order valence-corrected chi connectivity index (χ3v) is 3.92. The van der Waals surface area contributed by atoms with Crippen molar-refractivity contribution in [2.75, 3.05) is 26.8 Å². The molecule has 0 saturated heterocycles. The largest absolute Gasteiger partial charge is 0.383 e. The van der Waals surface area contributed by atoms with Gasteiger partial charge in [0.25, 0.3) is 0 Å². The Bertz CT molecular complexity index is 360. The average molecular weight is 247 g/mol. The topological polar surface area (TPSA) is 21.3 Å². The number of benzene rings is 1. The lowest BCUT2D eigenvalue weighted by atomic mass is 9.92. The molecule has 1 aliphatic rings. The molecule has 18 heavy (non-hydrogen) atoms. The molecule has 1 fully saturated rings. The van der Waals surface area contributed by atoms with E-state index < -0.39 is 0 Å². The summed E-state index contributed by atoms with van der Waals surface area (Å²) < 4.78 is 5.07. The Morgan fingerprint density at radius 2 is 2.11 bits per heavy atom. The summed E-state index contributed by atoms with van der Waals surface area (Å²) in [6.45, 7) is 5.12. The van der Waals surface area contributed by atoms with Crippen molar-refractivity contribution < 1.29 is 4.74 Å². The Hall–Kier alpha value is -0.860. The van der Waals surface area contributed by atoms with E-state index in [9.17, 15) is 0 Å². The van der Waals surface area contributed by atoms with Crippen LogP contribution in [0.4, 0.5) is 0 Å². The van der Waals surface area contributed by atoms with Crippen molar-refractivity contribution in [2.45, 2.75) is 26.2 Å².